The largest absolute Gasteiger partial charge is 0.490 e. The molecule has 13 heteroatoms. The van der Waals surface area contributed by atoms with Gasteiger partial charge in [0.15, 0.2) is 0 Å². The minimum atomic E-state index is -3.47. The maximum Gasteiger partial charge on any atom is 0.286 e. The summed E-state index contributed by atoms with van der Waals surface area (Å²) in [5.41, 5.74) is 3.82. The summed E-state index contributed by atoms with van der Waals surface area (Å²) in [6, 6.07) is 11.5. The van der Waals surface area contributed by atoms with Gasteiger partial charge in [-0.1, -0.05) is 29.8 Å². The number of benzene rings is 2. The minimum absolute atomic E-state index is 0.0160. The zero-order chi connectivity index (χ0) is 33.5. The van der Waals surface area contributed by atoms with Gasteiger partial charge in [-0.15, -0.1) is 16.1 Å². The number of aryl methyl sites for hydroxylation is 2. The Morgan fingerprint density at radius 1 is 1.23 bits per heavy atom. The number of amides is 2. The molecule has 1 spiro atoms. The molecule has 3 aromatic rings. The Morgan fingerprint density at radius 3 is 2.88 bits per heavy atom. The van der Waals surface area contributed by atoms with Crippen LogP contribution < -0.4 is 14.4 Å². The normalized spacial score (nSPS) is 29.4. The van der Waals surface area contributed by atoms with Crippen molar-refractivity contribution in [3.05, 3.63) is 88.2 Å². The number of halogens is 1. The van der Waals surface area contributed by atoms with Gasteiger partial charge >= 0.3 is 0 Å². The highest BCUT2D eigenvalue weighted by Gasteiger charge is 2.45. The molecule has 0 radical (unpaired) electrons. The first-order chi connectivity index (χ1) is 23.1. The summed E-state index contributed by atoms with van der Waals surface area (Å²) in [6.45, 7) is 1.93. The summed E-state index contributed by atoms with van der Waals surface area (Å²) < 4.78 is 34.7. The van der Waals surface area contributed by atoms with Gasteiger partial charge in [0.1, 0.15) is 22.3 Å². The lowest BCUT2D eigenvalue weighted by Crippen LogP contribution is -2.48. The molecule has 1 fully saturated rings. The predicted octanol–water partition coefficient (Wildman–Crippen LogP) is 5.80. The fraction of sp³-hybridized carbons (Fsp3) is 0.457. The van der Waals surface area contributed by atoms with E-state index < -0.39 is 21.7 Å². The Kier molecular flexibility index (Phi) is 9.36. The van der Waals surface area contributed by atoms with Crippen molar-refractivity contribution >= 4 is 50.8 Å². The number of fused-ring (bicyclic) bond motifs is 4. The average molecular weight is 710 g/mol. The van der Waals surface area contributed by atoms with E-state index in [0.717, 1.165) is 42.3 Å². The second-order valence-electron chi connectivity index (χ2n) is 13.1. The highest BCUT2D eigenvalue weighted by Crippen LogP contribution is 2.49. The molecule has 3 aliphatic heterocycles. The van der Waals surface area contributed by atoms with E-state index in [0.29, 0.717) is 43.6 Å². The predicted molar refractivity (Wildman–Crippen MR) is 189 cm³/mol. The molecular formula is C35H40ClN5O5S2. The second kappa shape index (κ2) is 13.5. The number of methoxy groups -OCH3 is 1. The van der Waals surface area contributed by atoms with Crippen LogP contribution in [0.25, 0.3) is 0 Å². The number of carbonyl (C=O) groups excluding carboxylic acids is 2. The van der Waals surface area contributed by atoms with Crippen LogP contribution in [-0.2, 0) is 32.9 Å². The summed E-state index contributed by atoms with van der Waals surface area (Å²) in [4.78, 5) is 29.2. The van der Waals surface area contributed by atoms with Gasteiger partial charge in [0.25, 0.3) is 11.8 Å². The van der Waals surface area contributed by atoms with Crippen LogP contribution in [0.15, 0.2) is 65.3 Å². The Bertz CT molecular complexity index is 1890. The number of anilines is 1. The van der Waals surface area contributed by atoms with Crippen LogP contribution in [0.2, 0.25) is 5.02 Å². The summed E-state index contributed by atoms with van der Waals surface area (Å²) in [7, 11) is -0.0210. The molecule has 5 atom stereocenters. The van der Waals surface area contributed by atoms with Crippen molar-refractivity contribution in [1.29, 1.82) is 0 Å². The van der Waals surface area contributed by atoms with Crippen molar-refractivity contribution in [3.63, 3.8) is 0 Å². The zero-order valence-corrected chi connectivity index (χ0v) is 29.5. The molecule has 1 aromatic heterocycles. The van der Waals surface area contributed by atoms with Crippen LogP contribution in [0, 0.1) is 11.8 Å². The Hall–Kier alpha value is -3.32. The maximum absolute atomic E-state index is 14.2. The number of hydrogen-bond acceptors (Lipinski definition) is 8. The number of nitrogens with one attached hydrogen (secondary N) is 1. The summed E-state index contributed by atoms with van der Waals surface area (Å²) >= 11 is 8.35. The van der Waals surface area contributed by atoms with Gasteiger partial charge in [-0.2, -0.15) is 5.10 Å². The summed E-state index contributed by atoms with van der Waals surface area (Å²) in [6.07, 6.45) is 11.2. The number of hydrogen-bond donors (Lipinski definition) is 1. The molecule has 1 N–H and O–H groups in total. The molecule has 1 saturated carbocycles. The summed E-state index contributed by atoms with van der Waals surface area (Å²) in [5.74, 6) is 1.14. The third kappa shape index (κ3) is 6.64. The van der Waals surface area contributed by atoms with Gasteiger partial charge in [-0.05, 0) is 91.2 Å². The second-order valence-corrected chi connectivity index (χ2v) is 17.1. The standard InChI is InChI=1S/C35H40ClN5O5S2/c1-40-19-26(18-37-40)34(43)39-48(44)15-5-3-4-6-31(45-2)28-10-7-25(28)20-41-21-35(29-11-9-27(36)16-23(29)13-14-47-35)22-46-32-12-8-24(17-30(32)41)33(42)38-48/h4,6,8-9,11-12,16-19,25,28,31H,3,5,7,10,13-15,20-22H2,1-2H3,(H,38,39,42,43,44)/b6-4-/t25-,28+,31-,35+,48?/m0/s1. The number of carbonyl (C=O) groups is 2. The van der Waals surface area contributed by atoms with E-state index >= 15 is 0 Å². The summed E-state index contributed by atoms with van der Waals surface area (Å²) in [5, 5.41) is 4.77. The first-order valence-corrected chi connectivity index (χ1v) is 19.4. The van der Waals surface area contributed by atoms with Crippen molar-refractivity contribution in [2.45, 2.75) is 43.0 Å². The Balaban J connectivity index is 1.29. The SMILES string of the molecule is CO[C@H]1/C=C\CCCS(=O)(NC(=O)c2cnn(C)c2)=NC(=O)c2ccc3c(c2)N(C[C@@H]2CC[C@H]21)C[C@]1(CO3)SCCc2cc(Cl)ccc21. The van der Waals surface area contributed by atoms with Crippen LogP contribution in [0.5, 0.6) is 5.75 Å². The molecular weight excluding hydrogens is 670 g/mol. The lowest BCUT2D eigenvalue weighted by Gasteiger charge is -2.45. The smallest absolute Gasteiger partial charge is 0.286 e. The quantitative estimate of drug-likeness (QED) is 0.340. The topological polar surface area (TPSA) is 115 Å². The van der Waals surface area contributed by atoms with Crippen molar-refractivity contribution in [3.8, 4) is 5.75 Å². The van der Waals surface area contributed by atoms with E-state index in [1.807, 2.05) is 30.0 Å². The number of rotatable bonds is 3. The van der Waals surface area contributed by atoms with Crippen LogP contribution >= 0.6 is 23.4 Å². The molecule has 2 aromatic carbocycles. The molecule has 4 heterocycles. The molecule has 0 saturated heterocycles. The maximum atomic E-state index is 14.2. The Labute approximate surface area is 290 Å². The van der Waals surface area contributed by atoms with Crippen LogP contribution in [-0.4, -0.2) is 70.2 Å². The molecule has 4 aliphatic rings. The van der Waals surface area contributed by atoms with Gasteiger partial charge in [0, 0.05) is 44.0 Å². The lowest BCUT2D eigenvalue weighted by molar-refractivity contribution is 0.0134. The van der Waals surface area contributed by atoms with Gasteiger partial charge < -0.3 is 14.4 Å². The monoisotopic (exact) mass is 709 g/mol. The van der Waals surface area contributed by atoms with Crippen molar-refractivity contribution in [1.82, 2.24) is 14.5 Å². The van der Waals surface area contributed by atoms with Gasteiger partial charge in [-0.3, -0.25) is 19.0 Å². The zero-order valence-electron chi connectivity index (χ0n) is 27.1. The van der Waals surface area contributed by atoms with E-state index in [9.17, 15) is 13.8 Å². The van der Waals surface area contributed by atoms with Crippen molar-refractivity contribution in [2.24, 2.45) is 23.2 Å². The first kappa shape index (κ1) is 33.2. The molecule has 48 heavy (non-hydrogen) atoms. The van der Waals surface area contributed by atoms with E-state index in [1.54, 1.807) is 20.2 Å². The van der Waals surface area contributed by atoms with E-state index in [4.69, 9.17) is 21.1 Å². The molecule has 2 amide bonds. The number of ether oxygens (including phenoxy) is 2. The van der Waals surface area contributed by atoms with Crippen LogP contribution in [0.3, 0.4) is 0 Å². The third-order valence-corrected chi connectivity index (χ3v) is 13.4. The third-order valence-electron chi connectivity index (χ3n) is 9.95. The van der Waals surface area contributed by atoms with Gasteiger partial charge in [0.2, 0.25) is 0 Å². The van der Waals surface area contributed by atoms with Crippen LogP contribution in [0.1, 0.15) is 57.5 Å². The lowest BCUT2D eigenvalue weighted by atomic mass is 9.70. The van der Waals surface area contributed by atoms with Crippen molar-refractivity contribution in [2.75, 3.05) is 43.2 Å². The molecule has 1 unspecified atom stereocenters. The van der Waals surface area contributed by atoms with Crippen molar-refractivity contribution < 1.29 is 23.3 Å². The minimum Gasteiger partial charge on any atom is -0.490 e. The molecule has 254 valence electrons. The number of allylic oxidation sites excluding steroid dienone is 1. The Morgan fingerprint density at radius 2 is 2.10 bits per heavy atom. The van der Waals surface area contributed by atoms with E-state index in [-0.39, 0.29) is 27.7 Å². The molecule has 7 rings (SSSR count). The highest BCUT2D eigenvalue weighted by atomic mass is 35.5. The molecule has 10 nitrogen and oxygen atoms in total. The highest BCUT2D eigenvalue weighted by molar-refractivity contribution is 8.00. The molecule has 2 bridgehead atoms. The number of thioether (sulfide) groups is 1. The fourth-order valence-corrected chi connectivity index (χ4v) is 10.6. The van der Waals surface area contributed by atoms with Crippen LogP contribution in [0.4, 0.5) is 5.69 Å². The number of nitrogens with zero attached hydrogens (tertiary/aromatic N) is 4. The van der Waals surface area contributed by atoms with E-state index in [1.165, 1.54) is 28.2 Å². The van der Waals surface area contributed by atoms with E-state index in [2.05, 4.69) is 43.4 Å². The fourth-order valence-electron chi connectivity index (χ4n) is 7.32. The average Bonchev–Trinajstić information content (AvgIpc) is 3.43. The van der Waals surface area contributed by atoms with Gasteiger partial charge in [0.05, 0.1) is 34.1 Å². The number of aromatic nitrogens is 2. The molecule has 1 aliphatic carbocycles. The first-order valence-electron chi connectivity index (χ1n) is 16.4. The van der Waals surface area contributed by atoms with Gasteiger partial charge in [-0.25, -0.2) is 4.21 Å².